The molecule has 47 heavy (non-hydrogen) atoms. The van der Waals surface area contributed by atoms with Crippen LogP contribution in [0.1, 0.15) is 69.7 Å². The van der Waals surface area contributed by atoms with E-state index in [0.717, 1.165) is 93.2 Å². The molecular formula is C40H44Cl2N4O. The van der Waals surface area contributed by atoms with E-state index >= 15 is 0 Å². The van der Waals surface area contributed by atoms with E-state index in [-0.39, 0.29) is 11.7 Å². The lowest BCUT2D eigenvalue weighted by atomic mass is 9.88. The summed E-state index contributed by atoms with van der Waals surface area (Å²) in [5.41, 5.74) is 11.1. The average molecular weight is 668 g/mol. The van der Waals surface area contributed by atoms with Gasteiger partial charge < -0.3 is 9.80 Å². The highest BCUT2D eigenvalue weighted by Gasteiger charge is 2.27. The fourth-order valence-corrected chi connectivity index (χ4v) is 7.48. The zero-order valence-corrected chi connectivity index (χ0v) is 29.0. The number of fused-ring (bicyclic) bond motifs is 2. The molecule has 2 fully saturated rings. The molecule has 7 rings (SSSR count). The zero-order chi connectivity index (χ0) is 32.8. The number of pyridine rings is 2. The van der Waals surface area contributed by atoms with E-state index in [1.807, 2.05) is 42.6 Å². The average Bonchev–Trinajstić information content (AvgIpc) is 3.25. The number of piperidine rings is 2. The smallest absolute Gasteiger partial charge is 0.184 e. The minimum absolute atomic E-state index is 0.112. The largest absolute Gasteiger partial charge is 0.306 e. The third kappa shape index (κ3) is 8.39. The number of carbonyl (C=O) groups excluding carboxylic acids is 1. The van der Waals surface area contributed by atoms with Crippen molar-refractivity contribution in [2.24, 2.45) is 5.92 Å². The number of hydrogen-bond acceptors (Lipinski definition) is 5. The van der Waals surface area contributed by atoms with Crippen LogP contribution in [0.3, 0.4) is 0 Å². The predicted molar refractivity (Wildman–Crippen MR) is 193 cm³/mol. The summed E-state index contributed by atoms with van der Waals surface area (Å²) in [6.45, 7) is 4.23. The quantitative estimate of drug-likeness (QED) is 0.200. The van der Waals surface area contributed by atoms with Gasteiger partial charge >= 0.3 is 0 Å². The van der Waals surface area contributed by atoms with Gasteiger partial charge in [0, 0.05) is 47.0 Å². The Kier molecular flexibility index (Phi) is 11.2. The molecule has 0 bridgehead atoms. The van der Waals surface area contributed by atoms with Crippen LogP contribution in [0.25, 0.3) is 5.57 Å². The molecule has 2 aromatic heterocycles. The first-order valence-electron chi connectivity index (χ1n) is 16.9. The maximum atomic E-state index is 12.9. The van der Waals surface area contributed by atoms with Crippen LogP contribution < -0.4 is 0 Å². The van der Waals surface area contributed by atoms with E-state index < -0.39 is 0 Å². The first-order chi connectivity index (χ1) is 22.9. The Labute approximate surface area is 289 Å². The van der Waals surface area contributed by atoms with Crippen LogP contribution in [0.4, 0.5) is 0 Å². The number of Topliss-reactive ketones (excluding diaryl/α,β-unsaturated/α-hetero) is 1. The molecule has 3 aliphatic rings. The molecule has 0 radical (unpaired) electrons. The van der Waals surface area contributed by atoms with Crippen molar-refractivity contribution in [1.29, 1.82) is 0 Å². The van der Waals surface area contributed by atoms with Gasteiger partial charge in [0.15, 0.2) is 5.78 Å². The van der Waals surface area contributed by atoms with Crippen molar-refractivity contribution in [3.63, 3.8) is 0 Å². The third-order valence-electron chi connectivity index (χ3n) is 9.86. The van der Waals surface area contributed by atoms with E-state index in [0.29, 0.717) is 5.69 Å². The molecule has 2 aliphatic heterocycles. The summed E-state index contributed by atoms with van der Waals surface area (Å²) in [5, 5.41) is 1.58. The number of hydrogen-bond donors (Lipinski definition) is 0. The summed E-state index contributed by atoms with van der Waals surface area (Å²) in [5.74, 6) is 0.325. The van der Waals surface area contributed by atoms with Crippen molar-refractivity contribution in [2.75, 3.05) is 40.3 Å². The summed E-state index contributed by atoms with van der Waals surface area (Å²) >= 11 is 12.3. The molecule has 7 heteroatoms. The minimum Gasteiger partial charge on any atom is -0.306 e. The van der Waals surface area contributed by atoms with Crippen LogP contribution in [0.2, 0.25) is 10.0 Å². The second-order valence-electron chi connectivity index (χ2n) is 13.2. The number of benzene rings is 2. The molecule has 0 atom stereocenters. The number of carbonyl (C=O) groups is 1. The minimum atomic E-state index is 0.112. The summed E-state index contributed by atoms with van der Waals surface area (Å²) in [6, 6.07) is 22.5. The van der Waals surface area contributed by atoms with E-state index in [1.54, 1.807) is 11.8 Å². The number of ketones is 1. The Morgan fingerprint density at radius 3 is 2.23 bits per heavy atom. The third-order valence-corrected chi connectivity index (χ3v) is 10.3. The fourth-order valence-electron chi connectivity index (χ4n) is 7.07. The maximum absolute atomic E-state index is 12.9. The second kappa shape index (κ2) is 15.7. The van der Waals surface area contributed by atoms with E-state index in [4.69, 9.17) is 28.2 Å². The van der Waals surface area contributed by atoms with Crippen molar-refractivity contribution in [3.05, 3.63) is 134 Å². The molecule has 2 aromatic carbocycles. The highest BCUT2D eigenvalue weighted by Crippen LogP contribution is 2.38. The summed E-state index contributed by atoms with van der Waals surface area (Å²) in [7, 11) is 4.31. The molecule has 1 aliphatic carbocycles. The van der Waals surface area contributed by atoms with Gasteiger partial charge in [0.05, 0.1) is 5.69 Å². The highest BCUT2D eigenvalue weighted by atomic mass is 35.5. The SMILES string of the molecule is CN1CCC(=C2c3ccc(Cl)cc3CCc3cccnc32)CC1.CN1CCC(C(=O)c2ncccc2CCc2cccc(Cl)c2)CC1. The lowest BCUT2D eigenvalue weighted by molar-refractivity contribution is 0.0850. The van der Waals surface area contributed by atoms with E-state index in [2.05, 4.69) is 59.2 Å². The van der Waals surface area contributed by atoms with Crippen molar-refractivity contribution < 1.29 is 4.79 Å². The van der Waals surface area contributed by atoms with Crippen LogP contribution in [-0.4, -0.2) is 65.8 Å². The first-order valence-corrected chi connectivity index (χ1v) is 17.7. The van der Waals surface area contributed by atoms with Gasteiger partial charge in [0.2, 0.25) is 0 Å². The molecule has 4 aromatic rings. The van der Waals surface area contributed by atoms with Crippen LogP contribution in [0.15, 0.2) is 84.7 Å². The molecule has 4 heterocycles. The second-order valence-corrected chi connectivity index (χ2v) is 14.1. The van der Waals surface area contributed by atoms with Crippen molar-refractivity contribution >= 4 is 34.6 Å². The Morgan fingerprint density at radius 1 is 0.745 bits per heavy atom. The molecular weight excluding hydrogens is 623 g/mol. The van der Waals surface area contributed by atoms with Gasteiger partial charge in [-0.1, -0.05) is 59.1 Å². The molecule has 0 amide bonds. The summed E-state index contributed by atoms with van der Waals surface area (Å²) < 4.78 is 0. The first kappa shape index (κ1) is 33.5. The van der Waals surface area contributed by atoms with Crippen molar-refractivity contribution in [3.8, 4) is 0 Å². The molecule has 2 saturated heterocycles. The lowest BCUT2D eigenvalue weighted by Crippen LogP contribution is -2.34. The standard InChI is InChI=1S/C20H23ClN2O.C20H21ClN2/c1-23-12-9-17(10-13-23)20(24)19-16(5-3-11-22-19)8-7-15-4-2-6-18(21)14-15;1-23-11-8-14(9-12-23)19-18-7-6-17(21)13-16(18)5-4-15-3-2-10-22-20(15)19/h2-6,11,14,17H,7-10,12-13H2,1H3;2-3,6-7,10,13H,4-5,8-9,11-12H2,1H3. The van der Waals surface area contributed by atoms with Gasteiger partial charge in [-0.15, -0.1) is 0 Å². The number of rotatable bonds is 5. The fraction of sp³-hybridized carbons (Fsp3) is 0.375. The molecule has 5 nitrogen and oxygen atoms in total. The van der Waals surface area contributed by atoms with E-state index in [9.17, 15) is 4.79 Å². The van der Waals surface area contributed by atoms with Gasteiger partial charge in [0.25, 0.3) is 0 Å². The van der Waals surface area contributed by atoms with Crippen LogP contribution in [0, 0.1) is 5.92 Å². The van der Waals surface area contributed by atoms with E-state index in [1.165, 1.54) is 33.5 Å². The normalized spacial score (nSPS) is 17.3. The van der Waals surface area contributed by atoms with Crippen LogP contribution in [0.5, 0.6) is 0 Å². The lowest BCUT2D eigenvalue weighted by Gasteiger charge is -2.28. The number of aryl methyl sites for hydroxylation is 4. The number of likely N-dealkylation sites (tertiary alicyclic amines) is 2. The Hall–Kier alpha value is -3.35. The van der Waals surface area contributed by atoms with Crippen molar-refractivity contribution in [2.45, 2.75) is 51.4 Å². The van der Waals surface area contributed by atoms with Gasteiger partial charge in [0.1, 0.15) is 5.69 Å². The molecule has 0 unspecified atom stereocenters. The highest BCUT2D eigenvalue weighted by molar-refractivity contribution is 6.31. The predicted octanol–water partition coefficient (Wildman–Crippen LogP) is 8.41. The molecule has 0 spiro atoms. The molecule has 0 saturated carbocycles. The van der Waals surface area contributed by atoms with Gasteiger partial charge in [-0.25, -0.2) is 0 Å². The number of nitrogens with zero attached hydrogens (tertiary/aromatic N) is 4. The van der Waals surface area contributed by atoms with Gasteiger partial charge in [-0.3, -0.25) is 14.8 Å². The molecule has 0 N–H and O–H groups in total. The Balaban J connectivity index is 0.000000164. The Morgan fingerprint density at radius 2 is 1.45 bits per heavy atom. The number of halogens is 2. The number of aromatic nitrogens is 2. The molecule has 244 valence electrons. The van der Waals surface area contributed by atoms with Crippen LogP contribution >= 0.6 is 23.2 Å². The maximum Gasteiger partial charge on any atom is 0.184 e. The summed E-state index contributed by atoms with van der Waals surface area (Å²) in [6.07, 6.45) is 11.5. The van der Waals surface area contributed by atoms with Crippen molar-refractivity contribution in [1.82, 2.24) is 19.8 Å². The van der Waals surface area contributed by atoms with Gasteiger partial charge in [-0.2, -0.15) is 0 Å². The Bertz CT molecular complexity index is 1730. The topological polar surface area (TPSA) is 49.3 Å². The van der Waals surface area contributed by atoms with Gasteiger partial charge in [-0.05, 0) is 143 Å². The monoisotopic (exact) mass is 666 g/mol. The van der Waals surface area contributed by atoms with Crippen LogP contribution in [-0.2, 0) is 25.7 Å². The summed E-state index contributed by atoms with van der Waals surface area (Å²) in [4.78, 5) is 26.8. The zero-order valence-electron chi connectivity index (χ0n) is 27.5.